The summed E-state index contributed by atoms with van der Waals surface area (Å²) in [4.78, 5) is 13.5. The summed E-state index contributed by atoms with van der Waals surface area (Å²) in [5, 5.41) is 121. The molecule has 0 aliphatic carbocycles. The van der Waals surface area contributed by atoms with Gasteiger partial charge in [0.15, 0.2) is 18.9 Å². The van der Waals surface area contributed by atoms with E-state index >= 15 is 0 Å². The van der Waals surface area contributed by atoms with Gasteiger partial charge in [0.25, 0.3) is 0 Å². The smallest absolute Gasteiger partial charge is 0.220 e. The first kappa shape index (κ1) is 97.7. The number of allylic oxidation sites excluding steroid dienone is 2. The first-order chi connectivity index (χ1) is 51.3. The zero-order valence-electron chi connectivity index (χ0n) is 67.0. The van der Waals surface area contributed by atoms with Gasteiger partial charge in [-0.1, -0.05) is 366 Å². The molecule has 1 amide bonds. The summed E-state index contributed by atoms with van der Waals surface area (Å²) in [5.74, 6) is -0.232. The molecule has 3 aliphatic rings. The molecule has 0 spiro atoms. The molecule has 3 rings (SSSR count). The lowest BCUT2D eigenvalue weighted by Gasteiger charge is -2.48. The maximum Gasteiger partial charge on any atom is 0.220 e. The van der Waals surface area contributed by atoms with Gasteiger partial charge in [-0.2, -0.15) is 0 Å². The summed E-state index contributed by atoms with van der Waals surface area (Å²) < 4.78 is 34.6. The fourth-order valence-corrected chi connectivity index (χ4v) is 15.5. The predicted octanol–water partition coefficient (Wildman–Crippen LogP) is 16.3. The zero-order chi connectivity index (χ0) is 76.0. The van der Waals surface area contributed by atoms with Gasteiger partial charge < -0.3 is 89.9 Å². The van der Waals surface area contributed by atoms with E-state index < -0.39 is 124 Å². The average molecular weight is 1500 g/mol. The molecule has 3 saturated heterocycles. The van der Waals surface area contributed by atoms with E-state index in [4.69, 9.17) is 28.4 Å². The van der Waals surface area contributed by atoms with Crippen LogP contribution in [0.25, 0.3) is 0 Å². The molecule has 105 heavy (non-hydrogen) atoms. The predicted molar refractivity (Wildman–Crippen MR) is 420 cm³/mol. The first-order valence-electron chi connectivity index (χ1n) is 44.4. The largest absolute Gasteiger partial charge is 0.394 e. The SMILES string of the molecule is CCCCCCCCCC/C=C\CCCCCCCCCCCCCCCCCCCCCCCCCC(=O)NC(COC1OC(CO)C(OC2OC(CO)C(OC3OC(CO)C(O)C(O)C3O)C(O)C2O)C(O)C1O)C(O)CCCCCCCCCCCCCCCCCCCCCCCCCCC. The Hall–Kier alpha value is -1.47. The first-order valence-corrected chi connectivity index (χ1v) is 44.4. The van der Waals surface area contributed by atoms with Crippen molar-refractivity contribution in [2.75, 3.05) is 26.4 Å². The van der Waals surface area contributed by atoms with E-state index in [9.17, 15) is 61.0 Å². The van der Waals surface area contributed by atoms with Gasteiger partial charge in [0, 0.05) is 6.42 Å². The van der Waals surface area contributed by atoms with Crippen LogP contribution in [0.2, 0.25) is 0 Å². The van der Waals surface area contributed by atoms with Crippen molar-refractivity contribution in [2.24, 2.45) is 0 Å². The maximum atomic E-state index is 13.5. The van der Waals surface area contributed by atoms with Crippen LogP contribution in [-0.2, 0) is 33.2 Å². The van der Waals surface area contributed by atoms with Crippen molar-refractivity contribution >= 4 is 5.91 Å². The van der Waals surface area contributed by atoms with Crippen LogP contribution in [0.3, 0.4) is 0 Å². The average Bonchev–Trinajstić information content (AvgIpc) is 0.781. The highest BCUT2D eigenvalue weighted by atomic mass is 16.8. The highest BCUT2D eigenvalue weighted by molar-refractivity contribution is 5.76. The van der Waals surface area contributed by atoms with Crippen molar-refractivity contribution in [1.29, 1.82) is 0 Å². The Morgan fingerprint density at radius 1 is 0.333 bits per heavy atom. The number of aliphatic hydroxyl groups excluding tert-OH is 11. The second kappa shape index (κ2) is 67.1. The van der Waals surface area contributed by atoms with Gasteiger partial charge >= 0.3 is 0 Å². The maximum absolute atomic E-state index is 13.5. The van der Waals surface area contributed by atoms with Gasteiger partial charge in [-0.25, -0.2) is 0 Å². The van der Waals surface area contributed by atoms with Gasteiger partial charge in [0.2, 0.25) is 5.91 Å². The van der Waals surface area contributed by atoms with Gasteiger partial charge in [0.1, 0.15) is 73.2 Å². The summed E-state index contributed by atoms with van der Waals surface area (Å²) in [5.41, 5.74) is 0. The Kier molecular flexibility index (Phi) is 62.4. The Labute approximate surface area is 639 Å². The number of unbranched alkanes of at least 4 members (excludes halogenated alkanes) is 55. The number of nitrogens with one attached hydrogen (secondary N) is 1. The Balaban J connectivity index is 1.31. The summed E-state index contributed by atoms with van der Waals surface area (Å²) in [6.07, 6.45) is 54.7. The van der Waals surface area contributed by atoms with Crippen molar-refractivity contribution in [3.05, 3.63) is 12.2 Å². The topological polar surface area (TPSA) is 307 Å². The molecule has 19 heteroatoms. The lowest BCUT2D eigenvalue weighted by Crippen LogP contribution is -2.66. The Morgan fingerprint density at radius 2 is 0.600 bits per heavy atom. The lowest BCUT2D eigenvalue weighted by molar-refractivity contribution is -0.379. The van der Waals surface area contributed by atoms with E-state index in [1.54, 1.807) is 0 Å². The van der Waals surface area contributed by atoms with Crippen LogP contribution < -0.4 is 5.32 Å². The van der Waals surface area contributed by atoms with Crippen molar-refractivity contribution in [2.45, 2.75) is 503 Å². The van der Waals surface area contributed by atoms with Gasteiger partial charge in [-0.3, -0.25) is 4.79 Å². The molecule has 0 aromatic carbocycles. The van der Waals surface area contributed by atoms with E-state index in [-0.39, 0.29) is 18.9 Å². The van der Waals surface area contributed by atoms with Crippen LogP contribution in [0, 0.1) is 0 Å². The summed E-state index contributed by atoms with van der Waals surface area (Å²) >= 11 is 0. The molecule has 0 bridgehead atoms. The molecule has 0 aromatic heterocycles. The highest BCUT2D eigenvalue weighted by Crippen LogP contribution is 2.34. The molecular weight excluding hydrogens is 1330 g/mol. The summed E-state index contributed by atoms with van der Waals surface area (Å²) in [6, 6.07) is -0.885. The van der Waals surface area contributed by atoms with Crippen LogP contribution in [-0.4, -0.2) is 193 Å². The molecule has 0 aromatic rings. The quantitative estimate of drug-likeness (QED) is 0.0199. The standard InChI is InChI=1S/C86H165NO18/c1-3-5-7-9-11-13-15-17-19-21-23-25-27-29-30-31-32-33-34-35-36-37-38-40-42-44-46-48-50-52-54-56-58-60-62-64-74(92)87-69(70(91)63-61-59-57-55-53-51-49-47-45-43-41-39-28-26-24-22-20-18-16-14-12-10-8-6-4-2)68-100-84-80(98)77(95)82(72(66-89)102-84)105-86-81(99)78(96)83(73(67-90)103-86)104-85-79(97)76(94)75(93)71(65-88)101-85/h21,23,69-73,75-86,88-91,93-99H,3-20,22,24-68H2,1-2H3,(H,87,92)/b23-21-. The fraction of sp³-hybridized carbons (Fsp3) is 0.965. The third-order valence-electron chi connectivity index (χ3n) is 22.6. The molecule has 3 aliphatic heterocycles. The van der Waals surface area contributed by atoms with Crippen LogP contribution in [0.4, 0.5) is 0 Å². The molecule has 0 saturated carbocycles. The van der Waals surface area contributed by atoms with Crippen LogP contribution in [0.5, 0.6) is 0 Å². The van der Waals surface area contributed by atoms with Crippen molar-refractivity contribution < 1.29 is 89.4 Å². The normalized spacial score (nSPS) is 25.7. The number of hydrogen-bond donors (Lipinski definition) is 12. The minimum atomic E-state index is -1.97. The number of amides is 1. The van der Waals surface area contributed by atoms with Gasteiger partial charge in [-0.05, 0) is 38.5 Å². The zero-order valence-corrected chi connectivity index (χ0v) is 67.0. The third kappa shape index (κ3) is 46.3. The van der Waals surface area contributed by atoms with Crippen molar-refractivity contribution in [1.82, 2.24) is 5.32 Å². The minimum Gasteiger partial charge on any atom is -0.394 e. The summed E-state index contributed by atoms with van der Waals surface area (Å²) in [7, 11) is 0. The fourth-order valence-electron chi connectivity index (χ4n) is 15.5. The number of ether oxygens (including phenoxy) is 6. The molecule has 19 nitrogen and oxygen atoms in total. The van der Waals surface area contributed by atoms with E-state index in [1.807, 2.05) is 0 Å². The number of rotatable bonds is 73. The second-order valence-electron chi connectivity index (χ2n) is 32.1. The number of carbonyl (C=O) groups excluding carboxylic acids is 1. The molecular formula is C86H165NO18. The van der Waals surface area contributed by atoms with Gasteiger partial charge in [0.05, 0.1) is 38.6 Å². The van der Waals surface area contributed by atoms with Crippen LogP contribution >= 0.6 is 0 Å². The third-order valence-corrected chi connectivity index (χ3v) is 22.6. The molecule has 3 fully saturated rings. The monoisotopic (exact) mass is 1500 g/mol. The van der Waals surface area contributed by atoms with Crippen molar-refractivity contribution in [3.8, 4) is 0 Å². The van der Waals surface area contributed by atoms with E-state index in [0.717, 1.165) is 44.9 Å². The van der Waals surface area contributed by atoms with Gasteiger partial charge in [-0.15, -0.1) is 0 Å². The molecule has 622 valence electrons. The molecule has 12 N–H and O–H groups in total. The lowest BCUT2D eigenvalue weighted by atomic mass is 9.96. The Morgan fingerprint density at radius 3 is 0.924 bits per heavy atom. The van der Waals surface area contributed by atoms with E-state index in [0.29, 0.717) is 12.8 Å². The molecule has 0 radical (unpaired) electrons. The molecule has 3 heterocycles. The van der Waals surface area contributed by atoms with E-state index in [1.165, 1.54) is 321 Å². The highest BCUT2D eigenvalue weighted by Gasteiger charge is 2.54. The number of hydrogen-bond acceptors (Lipinski definition) is 18. The van der Waals surface area contributed by atoms with Crippen LogP contribution in [0.15, 0.2) is 12.2 Å². The number of carbonyl (C=O) groups is 1. The molecule has 17 unspecified atom stereocenters. The minimum absolute atomic E-state index is 0.232. The number of aliphatic hydroxyl groups is 11. The van der Waals surface area contributed by atoms with E-state index in [2.05, 4.69) is 31.3 Å². The van der Waals surface area contributed by atoms with Crippen molar-refractivity contribution in [3.63, 3.8) is 0 Å². The second-order valence-corrected chi connectivity index (χ2v) is 32.1. The molecule has 17 atom stereocenters. The Bertz CT molecular complexity index is 1940. The van der Waals surface area contributed by atoms with Crippen LogP contribution in [0.1, 0.15) is 399 Å². The summed E-state index contributed by atoms with van der Waals surface area (Å²) in [6.45, 7) is 1.88.